The molecule has 0 heterocycles. The van der Waals surface area contributed by atoms with Gasteiger partial charge in [-0.05, 0) is 12.8 Å². The summed E-state index contributed by atoms with van der Waals surface area (Å²) in [4.78, 5) is 14.0. The van der Waals surface area contributed by atoms with Crippen LogP contribution >= 0.6 is 0 Å². The molecule has 0 bridgehead atoms. The van der Waals surface area contributed by atoms with Gasteiger partial charge in [0.15, 0.2) is 0 Å². The van der Waals surface area contributed by atoms with Crippen LogP contribution in [0.1, 0.15) is 32.1 Å². The topological polar surface area (TPSA) is 67.6 Å². The Morgan fingerprint density at radius 2 is 2.11 bits per heavy atom. The van der Waals surface area contributed by atoms with Gasteiger partial charge in [0, 0.05) is 32.8 Å². The van der Waals surface area contributed by atoms with Gasteiger partial charge in [0.25, 0.3) is 0 Å². The lowest BCUT2D eigenvalue weighted by atomic mass is 9.94. The molecule has 1 amide bonds. The lowest BCUT2D eigenvalue weighted by molar-refractivity contribution is -0.123. The fourth-order valence-corrected chi connectivity index (χ4v) is 2.54. The van der Waals surface area contributed by atoms with Crippen molar-refractivity contribution >= 4 is 5.91 Å². The molecule has 1 fully saturated rings. The molecule has 0 aliphatic heterocycles. The smallest absolute Gasteiger partial charge is 0.234 e. The summed E-state index contributed by atoms with van der Waals surface area (Å²) >= 11 is 0. The number of ether oxygens (including phenoxy) is 1. The van der Waals surface area contributed by atoms with Crippen LogP contribution in [0.5, 0.6) is 0 Å². The average Bonchev–Trinajstić information content (AvgIpc) is 2.39. The summed E-state index contributed by atoms with van der Waals surface area (Å²) in [6, 6.07) is 0.537. The molecule has 1 saturated carbocycles. The van der Waals surface area contributed by atoms with Crippen LogP contribution in [0.3, 0.4) is 0 Å². The zero-order chi connectivity index (χ0) is 13.2. The number of nitrogens with two attached hydrogens (primary N) is 1. The van der Waals surface area contributed by atoms with Gasteiger partial charge in [0.1, 0.15) is 0 Å². The molecule has 106 valence electrons. The van der Waals surface area contributed by atoms with Crippen molar-refractivity contribution in [2.45, 2.75) is 38.1 Å². The van der Waals surface area contributed by atoms with Gasteiger partial charge < -0.3 is 15.8 Å². The largest absolute Gasteiger partial charge is 0.383 e. The molecule has 0 aromatic carbocycles. The minimum atomic E-state index is 0.0751. The van der Waals surface area contributed by atoms with E-state index in [-0.39, 0.29) is 5.91 Å². The van der Waals surface area contributed by atoms with Crippen molar-refractivity contribution in [3.63, 3.8) is 0 Å². The van der Waals surface area contributed by atoms with Crippen LogP contribution in [0.4, 0.5) is 0 Å². The second kappa shape index (κ2) is 9.30. The Morgan fingerprint density at radius 3 is 2.72 bits per heavy atom. The van der Waals surface area contributed by atoms with Crippen molar-refractivity contribution in [2.24, 2.45) is 5.73 Å². The van der Waals surface area contributed by atoms with Gasteiger partial charge in [-0.2, -0.15) is 0 Å². The van der Waals surface area contributed by atoms with Crippen LogP contribution < -0.4 is 11.1 Å². The molecule has 1 aliphatic rings. The molecular weight excluding hydrogens is 230 g/mol. The lowest BCUT2D eigenvalue weighted by Gasteiger charge is -2.33. The molecule has 0 aromatic rings. The van der Waals surface area contributed by atoms with Crippen LogP contribution in [0, 0.1) is 0 Å². The summed E-state index contributed by atoms with van der Waals surface area (Å²) in [7, 11) is 1.63. The molecule has 5 heteroatoms. The van der Waals surface area contributed by atoms with E-state index in [9.17, 15) is 4.79 Å². The van der Waals surface area contributed by atoms with E-state index < -0.39 is 0 Å². The van der Waals surface area contributed by atoms with E-state index in [1.807, 2.05) is 0 Å². The number of hydrogen-bond acceptors (Lipinski definition) is 4. The number of carbonyl (C=O) groups excluding carboxylic acids is 1. The Hall–Kier alpha value is -0.650. The Morgan fingerprint density at radius 1 is 1.39 bits per heavy atom. The predicted octanol–water partition coefficient (Wildman–Crippen LogP) is 0.342. The maximum atomic E-state index is 11.8. The quantitative estimate of drug-likeness (QED) is 0.615. The first-order valence-electron chi connectivity index (χ1n) is 6.97. The zero-order valence-corrected chi connectivity index (χ0v) is 11.5. The highest BCUT2D eigenvalue weighted by Gasteiger charge is 2.22. The van der Waals surface area contributed by atoms with Gasteiger partial charge in [-0.3, -0.25) is 9.69 Å². The molecule has 0 aromatic heterocycles. The van der Waals surface area contributed by atoms with Gasteiger partial charge in [0.05, 0.1) is 13.2 Å². The third kappa shape index (κ3) is 5.80. The van der Waals surface area contributed by atoms with Crippen LogP contribution in [0.25, 0.3) is 0 Å². The molecule has 0 atom stereocenters. The highest BCUT2D eigenvalue weighted by Crippen LogP contribution is 2.22. The van der Waals surface area contributed by atoms with Gasteiger partial charge >= 0.3 is 0 Å². The lowest BCUT2D eigenvalue weighted by Crippen LogP contribution is -2.46. The standard InChI is InChI=1S/C13H27N3O2/c1-18-10-8-15-13(17)11-16(9-7-14)12-5-3-2-4-6-12/h12H,2-11,14H2,1H3,(H,15,17). The first kappa shape index (κ1) is 15.4. The summed E-state index contributed by atoms with van der Waals surface area (Å²) in [5, 5.41) is 2.87. The van der Waals surface area contributed by atoms with Crippen LogP contribution in [-0.2, 0) is 9.53 Å². The van der Waals surface area contributed by atoms with Gasteiger partial charge in [0.2, 0.25) is 5.91 Å². The maximum absolute atomic E-state index is 11.8. The second-order valence-corrected chi connectivity index (χ2v) is 4.89. The number of carbonyl (C=O) groups is 1. The molecule has 0 spiro atoms. The fraction of sp³-hybridized carbons (Fsp3) is 0.923. The van der Waals surface area contributed by atoms with Crippen molar-refractivity contribution < 1.29 is 9.53 Å². The molecule has 1 aliphatic carbocycles. The Bertz CT molecular complexity index is 230. The second-order valence-electron chi connectivity index (χ2n) is 4.89. The van der Waals surface area contributed by atoms with E-state index in [0.717, 1.165) is 6.54 Å². The van der Waals surface area contributed by atoms with Crippen LogP contribution in [-0.4, -0.2) is 56.7 Å². The number of nitrogens with one attached hydrogen (secondary N) is 1. The molecule has 3 N–H and O–H groups in total. The average molecular weight is 257 g/mol. The Balaban J connectivity index is 2.33. The number of rotatable bonds is 8. The van der Waals surface area contributed by atoms with Crippen molar-refractivity contribution in [3.8, 4) is 0 Å². The fourth-order valence-electron chi connectivity index (χ4n) is 2.54. The molecule has 0 radical (unpaired) electrons. The number of nitrogens with zero attached hydrogens (tertiary/aromatic N) is 1. The van der Waals surface area contributed by atoms with Gasteiger partial charge in [-0.15, -0.1) is 0 Å². The summed E-state index contributed by atoms with van der Waals surface area (Å²) in [6.07, 6.45) is 6.28. The van der Waals surface area contributed by atoms with E-state index in [2.05, 4.69) is 10.2 Å². The van der Waals surface area contributed by atoms with Gasteiger partial charge in [-0.1, -0.05) is 19.3 Å². The highest BCUT2D eigenvalue weighted by atomic mass is 16.5. The summed E-state index contributed by atoms with van der Waals surface area (Å²) in [5.41, 5.74) is 5.64. The van der Waals surface area contributed by atoms with E-state index in [0.29, 0.717) is 32.3 Å². The Kier molecular flexibility index (Phi) is 7.96. The zero-order valence-electron chi connectivity index (χ0n) is 11.5. The molecule has 1 rings (SSSR count). The molecule has 5 nitrogen and oxygen atoms in total. The first-order valence-corrected chi connectivity index (χ1v) is 6.97. The molecular formula is C13H27N3O2. The maximum Gasteiger partial charge on any atom is 0.234 e. The third-order valence-corrected chi connectivity index (χ3v) is 3.48. The van der Waals surface area contributed by atoms with E-state index in [4.69, 9.17) is 10.5 Å². The molecule has 0 unspecified atom stereocenters. The van der Waals surface area contributed by atoms with Crippen molar-refractivity contribution in [2.75, 3.05) is 39.9 Å². The monoisotopic (exact) mass is 257 g/mol. The summed E-state index contributed by atoms with van der Waals surface area (Å²) in [5.74, 6) is 0.0751. The predicted molar refractivity (Wildman–Crippen MR) is 72.4 cm³/mol. The summed E-state index contributed by atoms with van der Waals surface area (Å²) in [6.45, 7) is 3.03. The number of hydrogen-bond donors (Lipinski definition) is 2. The van der Waals surface area contributed by atoms with Crippen LogP contribution in [0.15, 0.2) is 0 Å². The van der Waals surface area contributed by atoms with Crippen molar-refractivity contribution in [1.82, 2.24) is 10.2 Å². The summed E-state index contributed by atoms with van der Waals surface area (Å²) < 4.78 is 4.91. The van der Waals surface area contributed by atoms with Crippen molar-refractivity contribution in [3.05, 3.63) is 0 Å². The van der Waals surface area contributed by atoms with E-state index in [1.165, 1.54) is 32.1 Å². The highest BCUT2D eigenvalue weighted by molar-refractivity contribution is 5.78. The number of methoxy groups -OCH3 is 1. The van der Waals surface area contributed by atoms with E-state index >= 15 is 0 Å². The first-order chi connectivity index (χ1) is 8.77. The molecule has 18 heavy (non-hydrogen) atoms. The minimum absolute atomic E-state index is 0.0751. The minimum Gasteiger partial charge on any atom is -0.383 e. The van der Waals surface area contributed by atoms with E-state index in [1.54, 1.807) is 7.11 Å². The normalized spacial score (nSPS) is 17.1. The van der Waals surface area contributed by atoms with Crippen LogP contribution in [0.2, 0.25) is 0 Å². The number of amides is 1. The molecule has 0 saturated heterocycles. The SMILES string of the molecule is COCCNC(=O)CN(CCN)C1CCCCC1. The Labute approximate surface area is 110 Å². The van der Waals surface area contributed by atoms with Gasteiger partial charge in [-0.25, -0.2) is 0 Å². The third-order valence-electron chi connectivity index (χ3n) is 3.48. The van der Waals surface area contributed by atoms with Crippen molar-refractivity contribution in [1.29, 1.82) is 0 Å².